The van der Waals surface area contributed by atoms with Crippen LogP contribution in [0.2, 0.25) is 5.15 Å². The number of aromatic nitrogens is 2. The lowest BCUT2D eigenvalue weighted by Crippen LogP contribution is -2.28. The van der Waals surface area contributed by atoms with Gasteiger partial charge in [0.25, 0.3) is 0 Å². The van der Waals surface area contributed by atoms with E-state index in [1.165, 1.54) is 18.2 Å². The summed E-state index contributed by atoms with van der Waals surface area (Å²) in [6, 6.07) is 9.83. The van der Waals surface area contributed by atoms with Crippen LogP contribution in [0.1, 0.15) is 25.0 Å². The summed E-state index contributed by atoms with van der Waals surface area (Å²) in [4.78, 5) is 0. The minimum atomic E-state index is -0.266. The van der Waals surface area contributed by atoms with Crippen LogP contribution in [0.3, 0.4) is 0 Å². The molecule has 0 fully saturated rings. The van der Waals surface area contributed by atoms with Crippen molar-refractivity contribution >= 4 is 17.4 Å². The normalized spacial score (nSPS) is 11.0. The van der Waals surface area contributed by atoms with Crippen molar-refractivity contribution in [1.82, 2.24) is 10.2 Å². The number of rotatable bonds is 4. The van der Waals surface area contributed by atoms with Gasteiger partial charge in [-0.3, -0.25) is 0 Å². The number of nitriles is 1. The summed E-state index contributed by atoms with van der Waals surface area (Å²) in [6.07, 6.45) is 0. The molecule has 0 bridgehead atoms. The van der Waals surface area contributed by atoms with E-state index in [0.717, 1.165) is 5.56 Å². The number of halogens is 2. The molecule has 0 aliphatic carbocycles. The van der Waals surface area contributed by atoms with Crippen LogP contribution in [-0.4, -0.2) is 16.7 Å². The highest BCUT2D eigenvalue weighted by atomic mass is 35.5. The number of hydrogen-bond donors (Lipinski definition) is 1. The molecule has 0 atom stereocenters. The van der Waals surface area contributed by atoms with Crippen LogP contribution in [0.25, 0.3) is 0 Å². The Hall–Kier alpha value is -2.19. The van der Waals surface area contributed by atoms with E-state index in [1.54, 1.807) is 12.1 Å². The van der Waals surface area contributed by atoms with Crippen molar-refractivity contribution in [1.29, 1.82) is 5.26 Å². The van der Waals surface area contributed by atoms with Gasteiger partial charge in [-0.25, -0.2) is 4.39 Å². The maximum absolute atomic E-state index is 13.0. The first-order valence-corrected chi connectivity index (χ1v) is 6.73. The Balaban J connectivity index is 2.15. The van der Waals surface area contributed by atoms with E-state index in [9.17, 15) is 4.39 Å². The van der Waals surface area contributed by atoms with E-state index in [0.29, 0.717) is 17.9 Å². The molecule has 4 nitrogen and oxygen atoms in total. The molecular weight excluding hydrogens is 291 g/mol. The van der Waals surface area contributed by atoms with Crippen molar-refractivity contribution < 1.29 is 4.39 Å². The van der Waals surface area contributed by atoms with Crippen LogP contribution in [0.5, 0.6) is 0 Å². The van der Waals surface area contributed by atoms with Gasteiger partial charge in [-0.2, -0.15) is 5.26 Å². The number of benzene rings is 1. The second-order valence-corrected chi connectivity index (χ2v) is 5.67. The Kier molecular flexibility index (Phi) is 4.39. The van der Waals surface area contributed by atoms with Crippen molar-refractivity contribution in [3.63, 3.8) is 0 Å². The summed E-state index contributed by atoms with van der Waals surface area (Å²) in [7, 11) is 0. The second-order valence-electron chi connectivity index (χ2n) is 5.29. The molecule has 0 aliphatic rings. The van der Waals surface area contributed by atoms with Gasteiger partial charge in [0.2, 0.25) is 0 Å². The zero-order valence-corrected chi connectivity index (χ0v) is 12.4. The Morgan fingerprint density at radius 3 is 2.57 bits per heavy atom. The standard InChI is InChI=1S/C15H14ClFN4/c1-15(2,11-3-5-12(17)6-4-11)9-19-14-10(8-18)7-13(16)20-21-14/h3-7H,9H2,1-2H3,(H,19,21). The molecule has 0 amide bonds. The third kappa shape index (κ3) is 3.67. The molecule has 1 aromatic heterocycles. The van der Waals surface area contributed by atoms with Gasteiger partial charge < -0.3 is 5.32 Å². The molecular formula is C15H14ClFN4. The highest BCUT2D eigenvalue weighted by Gasteiger charge is 2.21. The van der Waals surface area contributed by atoms with Crippen LogP contribution < -0.4 is 5.32 Å². The Bertz CT molecular complexity index is 677. The van der Waals surface area contributed by atoms with Crippen LogP contribution in [0.15, 0.2) is 30.3 Å². The van der Waals surface area contributed by atoms with Crippen LogP contribution >= 0.6 is 11.6 Å². The lowest BCUT2D eigenvalue weighted by atomic mass is 9.84. The summed E-state index contributed by atoms with van der Waals surface area (Å²) in [5, 5.41) is 19.9. The van der Waals surface area contributed by atoms with E-state index >= 15 is 0 Å². The van der Waals surface area contributed by atoms with Crippen molar-refractivity contribution in [3.05, 3.63) is 52.4 Å². The molecule has 2 rings (SSSR count). The highest BCUT2D eigenvalue weighted by molar-refractivity contribution is 6.29. The first kappa shape index (κ1) is 15.2. The van der Waals surface area contributed by atoms with E-state index in [-0.39, 0.29) is 16.4 Å². The van der Waals surface area contributed by atoms with Gasteiger partial charge in [0.1, 0.15) is 11.9 Å². The fourth-order valence-electron chi connectivity index (χ4n) is 1.89. The predicted molar refractivity (Wildman–Crippen MR) is 79.7 cm³/mol. The molecule has 6 heteroatoms. The monoisotopic (exact) mass is 304 g/mol. The Morgan fingerprint density at radius 2 is 1.95 bits per heavy atom. The first-order valence-electron chi connectivity index (χ1n) is 6.35. The third-order valence-electron chi connectivity index (χ3n) is 3.21. The van der Waals surface area contributed by atoms with E-state index < -0.39 is 0 Å². The molecule has 1 heterocycles. The Labute approximate surface area is 127 Å². The van der Waals surface area contributed by atoms with Crippen LogP contribution in [-0.2, 0) is 5.41 Å². The fourth-order valence-corrected chi connectivity index (χ4v) is 2.04. The summed E-state index contributed by atoms with van der Waals surface area (Å²) in [6.45, 7) is 4.55. The van der Waals surface area contributed by atoms with Gasteiger partial charge in [0.15, 0.2) is 11.0 Å². The minimum Gasteiger partial charge on any atom is -0.367 e. The lowest BCUT2D eigenvalue weighted by molar-refractivity contribution is 0.552. The molecule has 1 N–H and O–H groups in total. The second kappa shape index (κ2) is 6.06. The predicted octanol–water partition coefficient (Wildman–Crippen LogP) is 3.53. The summed E-state index contributed by atoms with van der Waals surface area (Å²) < 4.78 is 13.0. The van der Waals surface area contributed by atoms with Gasteiger partial charge in [0.05, 0.1) is 5.56 Å². The van der Waals surface area contributed by atoms with Gasteiger partial charge in [-0.05, 0) is 23.8 Å². The number of nitrogens with one attached hydrogen (secondary N) is 1. The van der Waals surface area contributed by atoms with Crippen molar-refractivity contribution in [2.75, 3.05) is 11.9 Å². The topological polar surface area (TPSA) is 61.6 Å². The smallest absolute Gasteiger partial charge is 0.166 e. The maximum Gasteiger partial charge on any atom is 0.166 e. The van der Waals surface area contributed by atoms with Crippen LogP contribution in [0, 0.1) is 17.1 Å². The third-order valence-corrected chi connectivity index (χ3v) is 3.39. The number of anilines is 1. The molecule has 0 saturated heterocycles. The quantitative estimate of drug-likeness (QED) is 0.938. The number of nitrogens with zero attached hydrogens (tertiary/aromatic N) is 3. The largest absolute Gasteiger partial charge is 0.367 e. The van der Waals surface area contributed by atoms with Crippen molar-refractivity contribution in [2.45, 2.75) is 19.3 Å². The Morgan fingerprint density at radius 1 is 1.29 bits per heavy atom. The summed E-state index contributed by atoms with van der Waals surface area (Å²) in [5.74, 6) is 0.120. The molecule has 21 heavy (non-hydrogen) atoms. The molecule has 1 aromatic carbocycles. The van der Waals surface area contributed by atoms with E-state index in [1.807, 2.05) is 19.9 Å². The molecule has 0 saturated carbocycles. The van der Waals surface area contributed by atoms with Crippen molar-refractivity contribution in [2.24, 2.45) is 0 Å². The number of hydrogen-bond acceptors (Lipinski definition) is 4. The minimum absolute atomic E-state index is 0.176. The molecule has 0 spiro atoms. The molecule has 2 aromatic rings. The van der Waals surface area contributed by atoms with E-state index in [4.69, 9.17) is 16.9 Å². The molecule has 108 valence electrons. The average Bonchev–Trinajstić information content (AvgIpc) is 2.46. The molecule has 0 unspecified atom stereocenters. The fraction of sp³-hybridized carbons (Fsp3) is 0.267. The van der Waals surface area contributed by atoms with Gasteiger partial charge in [-0.1, -0.05) is 37.6 Å². The SMILES string of the molecule is CC(C)(CNc1nnc(Cl)cc1C#N)c1ccc(F)cc1. The van der Waals surface area contributed by atoms with Gasteiger partial charge >= 0.3 is 0 Å². The van der Waals surface area contributed by atoms with Gasteiger partial charge in [-0.15, -0.1) is 10.2 Å². The molecule has 0 aliphatic heterocycles. The highest BCUT2D eigenvalue weighted by Crippen LogP contribution is 2.24. The van der Waals surface area contributed by atoms with Gasteiger partial charge in [0, 0.05) is 12.0 Å². The summed E-state index contributed by atoms with van der Waals surface area (Å²) >= 11 is 5.71. The molecule has 0 radical (unpaired) electrons. The van der Waals surface area contributed by atoms with Crippen LogP contribution in [0.4, 0.5) is 10.2 Å². The first-order chi connectivity index (χ1) is 9.92. The van der Waals surface area contributed by atoms with Crippen molar-refractivity contribution in [3.8, 4) is 6.07 Å². The zero-order chi connectivity index (χ0) is 15.5. The zero-order valence-electron chi connectivity index (χ0n) is 11.7. The maximum atomic E-state index is 13.0. The lowest BCUT2D eigenvalue weighted by Gasteiger charge is -2.26. The average molecular weight is 305 g/mol. The van der Waals surface area contributed by atoms with E-state index in [2.05, 4.69) is 15.5 Å². The summed E-state index contributed by atoms with van der Waals surface area (Å²) in [5.41, 5.74) is 1.06.